The molecule has 0 atom stereocenters. The molecule has 0 aliphatic carbocycles. The van der Waals surface area contributed by atoms with Crippen LogP contribution in [0, 0.1) is 0 Å². The second-order valence-corrected chi connectivity index (χ2v) is 8.41. The van der Waals surface area contributed by atoms with Crippen LogP contribution in [0.4, 0.5) is 11.4 Å². The fraction of sp³-hybridized carbons (Fsp3) is 0. The predicted octanol–water partition coefficient (Wildman–Crippen LogP) is 5.07. The van der Waals surface area contributed by atoms with Crippen molar-refractivity contribution >= 4 is 56.3 Å². The molecule has 3 aromatic rings. The molecule has 2 aromatic carbocycles. The first-order valence-electron chi connectivity index (χ1n) is 7.83. The number of halogens is 1. The summed E-state index contributed by atoms with van der Waals surface area (Å²) in [4.78, 5) is 12.7. The van der Waals surface area contributed by atoms with Gasteiger partial charge in [-0.2, -0.15) is 0 Å². The number of rotatable bonds is 6. The third-order valence-corrected chi connectivity index (χ3v) is 5.59. The van der Waals surface area contributed by atoms with E-state index >= 15 is 0 Å². The first-order chi connectivity index (χ1) is 12.9. The Morgan fingerprint density at radius 2 is 1.81 bits per heavy atom. The lowest BCUT2D eigenvalue weighted by atomic mass is 10.2. The minimum atomic E-state index is -3.76. The SMILES string of the molecule is O=C(Nc1cccc(Cl)c1)c1sccc1NS(=O)(=O)C=Cc1ccccc1. The van der Waals surface area contributed by atoms with E-state index < -0.39 is 15.9 Å². The van der Waals surface area contributed by atoms with Gasteiger partial charge in [-0.15, -0.1) is 11.3 Å². The predicted molar refractivity (Wildman–Crippen MR) is 112 cm³/mol. The molecule has 1 heterocycles. The second-order valence-electron chi connectivity index (χ2n) is 5.49. The minimum absolute atomic E-state index is 0.220. The van der Waals surface area contributed by atoms with Crippen LogP contribution in [0.5, 0.6) is 0 Å². The zero-order chi connectivity index (χ0) is 19.3. The minimum Gasteiger partial charge on any atom is -0.321 e. The van der Waals surface area contributed by atoms with E-state index in [1.807, 2.05) is 18.2 Å². The number of carbonyl (C=O) groups excluding carboxylic acids is 1. The van der Waals surface area contributed by atoms with Gasteiger partial charge in [0.05, 0.1) is 11.1 Å². The van der Waals surface area contributed by atoms with Crippen molar-refractivity contribution in [3.8, 4) is 0 Å². The van der Waals surface area contributed by atoms with Crippen molar-refractivity contribution in [1.29, 1.82) is 0 Å². The van der Waals surface area contributed by atoms with Gasteiger partial charge >= 0.3 is 0 Å². The summed E-state index contributed by atoms with van der Waals surface area (Å²) in [6.45, 7) is 0. The standard InChI is InChI=1S/C19H15ClN2O3S2/c20-15-7-4-8-16(13-15)21-19(23)18-17(9-11-26-18)22-27(24,25)12-10-14-5-2-1-3-6-14/h1-13,22H,(H,21,23). The highest BCUT2D eigenvalue weighted by molar-refractivity contribution is 7.95. The highest BCUT2D eigenvalue weighted by Gasteiger charge is 2.17. The van der Waals surface area contributed by atoms with Gasteiger partial charge in [-0.05, 0) is 41.3 Å². The largest absolute Gasteiger partial charge is 0.321 e. The van der Waals surface area contributed by atoms with Crippen LogP contribution in [0.15, 0.2) is 71.5 Å². The normalized spacial score (nSPS) is 11.4. The maximum atomic E-state index is 12.5. The van der Waals surface area contributed by atoms with Gasteiger partial charge in [0.25, 0.3) is 15.9 Å². The third kappa shape index (κ3) is 5.43. The quantitative estimate of drug-likeness (QED) is 0.587. The smallest absolute Gasteiger partial charge is 0.267 e. The van der Waals surface area contributed by atoms with E-state index in [1.165, 1.54) is 6.08 Å². The summed E-state index contributed by atoms with van der Waals surface area (Å²) in [5.41, 5.74) is 1.50. The monoisotopic (exact) mass is 418 g/mol. The molecule has 3 rings (SSSR count). The molecule has 27 heavy (non-hydrogen) atoms. The highest BCUT2D eigenvalue weighted by Crippen LogP contribution is 2.25. The molecule has 1 aromatic heterocycles. The Morgan fingerprint density at radius 3 is 2.56 bits per heavy atom. The van der Waals surface area contributed by atoms with Crippen molar-refractivity contribution in [2.24, 2.45) is 0 Å². The summed E-state index contributed by atoms with van der Waals surface area (Å²) in [7, 11) is -3.76. The number of hydrogen-bond donors (Lipinski definition) is 2. The molecule has 138 valence electrons. The number of thiophene rings is 1. The summed E-state index contributed by atoms with van der Waals surface area (Å²) in [6, 6.07) is 17.3. The Labute approximate surface area is 166 Å². The van der Waals surface area contributed by atoms with E-state index in [0.717, 1.165) is 22.3 Å². The van der Waals surface area contributed by atoms with Crippen LogP contribution in [-0.4, -0.2) is 14.3 Å². The van der Waals surface area contributed by atoms with Crippen LogP contribution in [-0.2, 0) is 10.0 Å². The van der Waals surface area contributed by atoms with Crippen LogP contribution in [0.3, 0.4) is 0 Å². The molecule has 0 saturated heterocycles. The number of benzene rings is 2. The lowest BCUT2D eigenvalue weighted by Gasteiger charge is -2.08. The van der Waals surface area contributed by atoms with Gasteiger partial charge in [0.2, 0.25) is 0 Å². The lowest BCUT2D eigenvalue weighted by molar-refractivity contribution is 0.103. The zero-order valence-electron chi connectivity index (χ0n) is 13.9. The van der Waals surface area contributed by atoms with Gasteiger partial charge in [-0.1, -0.05) is 48.0 Å². The Bertz CT molecular complexity index is 1080. The van der Waals surface area contributed by atoms with Crippen LogP contribution in [0.25, 0.3) is 6.08 Å². The second kappa shape index (κ2) is 8.39. The molecule has 1 amide bonds. The van der Waals surface area contributed by atoms with Gasteiger partial charge < -0.3 is 5.32 Å². The van der Waals surface area contributed by atoms with Crippen molar-refractivity contribution in [1.82, 2.24) is 0 Å². The number of hydrogen-bond acceptors (Lipinski definition) is 4. The van der Waals surface area contributed by atoms with Gasteiger partial charge in [0, 0.05) is 10.7 Å². The maximum Gasteiger partial charge on any atom is 0.267 e. The summed E-state index contributed by atoms with van der Waals surface area (Å²) in [5, 5.41) is 5.91. The third-order valence-electron chi connectivity index (χ3n) is 3.45. The molecule has 8 heteroatoms. The van der Waals surface area contributed by atoms with E-state index in [1.54, 1.807) is 47.8 Å². The van der Waals surface area contributed by atoms with E-state index in [-0.39, 0.29) is 10.6 Å². The van der Waals surface area contributed by atoms with Crippen molar-refractivity contribution in [2.75, 3.05) is 10.0 Å². The van der Waals surface area contributed by atoms with Crippen molar-refractivity contribution in [3.63, 3.8) is 0 Å². The number of nitrogens with one attached hydrogen (secondary N) is 2. The molecular formula is C19H15ClN2O3S2. The zero-order valence-corrected chi connectivity index (χ0v) is 16.3. The molecule has 0 unspecified atom stereocenters. The van der Waals surface area contributed by atoms with Crippen LogP contribution >= 0.6 is 22.9 Å². The Morgan fingerprint density at radius 1 is 1.04 bits per heavy atom. The summed E-state index contributed by atoms with van der Waals surface area (Å²) < 4.78 is 27.0. The van der Waals surface area contributed by atoms with Gasteiger partial charge in [-0.3, -0.25) is 9.52 Å². The van der Waals surface area contributed by atoms with E-state index in [9.17, 15) is 13.2 Å². The van der Waals surface area contributed by atoms with Gasteiger partial charge in [0.1, 0.15) is 4.88 Å². The first-order valence-corrected chi connectivity index (χ1v) is 10.6. The molecule has 0 spiro atoms. The molecule has 0 saturated carbocycles. The summed E-state index contributed by atoms with van der Waals surface area (Å²) in [5.74, 6) is -0.419. The fourth-order valence-corrected chi connectivity index (χ4v) is 4.12. The van der Waals surface area contributed by atoms with E-state index in [2.05, 4.69) is 10.0 Å². The molecule has 0 bridgehead atoms. The summed E-state index contributed by atoms with van der Waals surface area (Å²) in [6.07, 6.45) is 1.49. The van der Waals surface area contributed by atoms with Crippen LogP contribution < -0.4 is 10.0 Å². The fourth-order valence-electron chi connectivity index (χ4n) is 2.24. The Hall–Kier alpha value is -2.61. The Kier molecular flexibility index (Phi) is 5.95. The molecule has 0 aliphatic rings. The molecular weight excluding hydrogens is 404 g/mol. The molecule has 2 N–H and O–H groups in total. The average Bonchev–Trinajstić information content (AvgIpc) is 3.08. The van der Waals surface area contributed by atoms with E-state index in [0.29, 0.717) is 10.7 Å². The maximum absolute atomic E-state index is 12.5. The molecule has 0 fully saturated rings. The highest BCUT2D eigenvalue weighted by atomic mass is 35.5. The molecule has 5 nitrogen and oxygen atoms in total. The lowest BCUT2D eigenvalue weighted by Crippen LogP contribution is -2.15. The number of sulfonamides is 1. The van der Waals surface area contributed by atoms with Crippen LogP contribution in [0.1, 0.15) is 15.2 Å². The Balaban J connectivity index is 1.74. The van der Waals surface area contributed by atoms with Gasteiger partial charge in [-0.25, -0.2) is 8.42 Å². The number of anilines is 2. The summed E-state index contributed by atoms with van der Waals surface area (Å²) >= 11 is 7.05. The van der Waals surface area contributed by atoms with E-state index in [4.69, 9.17) is 11.6 Å². The van der Waals surface area contributed by atoms with Gasteiger partial charge in [0.15, 0.2) is 0 Å². The van der Waals surface area contributed by atoms with Crippen molar-refractivity contribution in [3.05, 3.63) is 86.9 Å². The van der Waals surface area contributed by atoms with Crippen molar-refractivity contribution in [2.45, 2.75) is 0 Å². The number of carbonyl (C=O) groups is 1. The molecule has 0 radical (unpaired) electrons. The molecule has 0 aliphatic heterocycles. The topological polar surface area (TPSA) is 75.3 Å². The first kappa shape index (κ1) is 19.2. The van der Waals surface area contributed by atoms with Crippen LogP contribution in [0.2, 0.25) is 5.02 Å². The van der Waals surface area contributed by atoms with Crippen molar-refractivity contribution < 1.29 is 13.2 Å². The number of amides is 1. The average molecular weight is 419 g/mol.